The second-order valence-corrected chi connectivity index (χ2v) is 5.14. The summed E-state index contributed by atoms with van der Waals surface area (Å²) in [5, 5.41) is 13.2. The standard InChI is InChI=1S/C11H20N2O4/c1-7(10(16)17)13-9(15)6-12-8(14)5-11(2,3)4/h7H,5-6H2,1-4H3,(H,12,14)(H,13,15)(H,16,17)/t7-/m1/s1. The van der Waals surface area contributed by atoms with Gasteiger partial charge in [0.05, 0.1) is 6.54 Å². The summed E-state index contributed by atoms with van der Waals surface area (Å²) in [6.07, 6.45) is 0.314. The van der Waals surface area contributed by atoms with E-state index in [9.17, 15) is 14.4 Å². The third-order valence-electron chi connectivity index (χ3n) is 1.88. The minimum absolute atomic E-state index is 0.144. The molecule has 0 rings (SSSR count). The van der Waals surface area contributed by atoms with E-state index in [1.165, 1.54) is 6.92 Å². The molecule has 0 aromatic rings. The summed E-state index contributed by atoms with van der Waals surface area (Å²) in [7, 11) is 0. The van der Waals surface area contributed by atoms with E-state index < -0.39 is 17.9 Å². The van der Waals surface area contributed by atoms with Crippen LogP contribution in [0.3, 0.4) is 0 Å². The summed E-state index contributed by atoms with van der Waals surface area (Å²) in [6.45, 7) is 6.90. The largest absolute Gasteiger partial charge is 0.480 e. The van der Waals surface area contributed by atoms with Crippen LogP contribution >= 0.6 is 0 Å². The number of carboxylic acids is 1. The fourth-order valence-electron chi connectivity index (χ4n) is 1.08. The first-order valence-corrected chi connectivity index (χ1v) is 5.40. The molecule has 0 spiro atoms. The summed E-state index contributed by atoms with van der Waals surface area (Å²) in [6, 6.07) is -0.956. The molecule has 6 nitrogen and oxygen atoms in total. The van der Waals surface area contributed by atoms with Gasteiger partial charge in [-0.15, -0.1) is 0 Å². The molecular weight excluding hydrogens is 224 g/mol. The molecule has 98 valence electrons. The maximum absolute atomic E-state index is 11.4. The molecule has 0 heterocycles. The monoisotopic (exact) mass is 244 g/mol. The topological polar surface area (TPSA) is 95.5 Å². The Kier molecular flexibility index (Phi) is 5.64. The number of nitrogens with one attached hydrogen (secondary N) is 2. The van der Waals surface area contributed by atoms with Crippen LogP contribution < -0.4 is 10.6 Å². The van der Waals surface area contributed by atoms with Crippen molar-refractivity contribution in [1.82, 2.24) is 10.6 Å². The van der Waals surface area contributed by atoms with E-state index in [4.69, 9.17) is 5.11 Å². The number of amides is 2. The smallest absolute Gasteiger partial charge is 0.325 e. The number of aliphatic carboxylic acids is 1. The Morgan fingerprint density at radius 3 is 2.12 bits per heavy atom. The van der Waals surface area contributed by atoms with Gasteiger partial charge >= 0.3 is 5.97 Å². The molecule has 2 amide bonds. The summed E-state index contributed by atoms with van der Waals surface area (Å²) in [5.41, 5.74) is -0.144. The average Bonchev–Trinajstić information content (AvgIpc) is 2.11. The minimum Gasteiger partial charge on any atom is -0.480 e. The van der Waals surface area contributed by atoms with Crippen molar-refractivity contribution in [2.45, 2.75) is 40.2 Å². The van der Waals surface area contributed by atoms with Gasteiger partial charge in [0.25, 0.3) is 0 Å². The first-order chi connectivity index (χ1) is 7.61. The molecule has 0 aliphatic carbocycles. The van der Waals surface area contributed by atoms with E-state index >= 15 is 0 Å². The van der Waals surface area contributed by atoms with Gasteiger partial charge in [-0.25, -0.2) is 0 Å². The Hall–Kier alpha value is -1.59. The Morgan fingerprint density at radius 2 is 1.71 bits per heavy atom. The molecule has 0 aromatic heterocycles. The predicted molar refractivity (Wildman–Crippen MR) is 62.3 cm³/mol. The van der Waals surface area contributed by atoms with Crippen molar-refractivity contribution in [3.63, 3.8) is 0 Å². The second-order valence-electron chi connectivity index (χ2n) is 5.14. The van der Waals surface area contributed by atoms with Crippen LogP contribution in [0.25, 0.3) is 0 Å². The van der Waals surface area contributed by atoms with Gasteiger partial charge in [0.2, 0.25) is 11.8 Å². The zero-order valence-corrected chi connectivity index (χ0v) is 10.7. The summed E-state index contributed by atoms with van der Waals surface area (Å²) >= 11 is 0. The molecule has 0 radical (unpaired) electrons. The number of hydrogen-bond acceptors (Lipinski definition) is 3. The van der Waals surface area contributed by atoms with Crippen molar-refractivity contribution in [3.8, 4) is 0 Å². The second kappa shape index (κ2) is 6.22. The molecule has 0 aliphatic rings. The average molecular weight is 244 g/mol. The predicted octanol–water partition coefficient (Wildman–Crippen LogP) is 0.128. The number of hydrogen-bond donors (Lipinski definition) is 3. The fraction of sp³-hybridized carbons (Fsp3) is 0.727. The van der Waals surface area contributed by atoms with E-state index in [1.54, 1.807) is 0 Å². The van der Waals surface area contributed by atoms with Gasteiger partial charge in [0.15, 0.2) is 0 Å². The third kappa shape index (κ3) is 8.24. The molecule has 17 heavy (non-hydrogen) atoms. The summed E-state index contributed by atoms with van der Waals surface area (Å²) in [4.78, 5) is 33.1. The van der Waals surface area contributed by atoms with Crippen molar-refractivity contribution in [2.24, 2.45) is 5.41 Å². The van der Waals surface area contributed by atoms with E-state index in [0.29, 0.717) is 6.42 Å². The van der Waals surface area contributed by atoms with Crippen LogP contribution in [0.4, 0.5) is 0 Å². The van der Waals surface area contributed by atoms with Crippen LogP contribution in [0, 0.1) is 5.41 Å². The number of carboxylic acid groups (broad SMARTS) is 1. The van der Waals surface area contributed by atoms with Crippen molar-refractivity contribution < 1.29 is 19.5 Å². The first kappa shape index (κ1) is 15.4. The highest BCUT2D eigenvalue weighted by molar-refractivity contribution is 5.87. The third-order valence-corrected chi connectivity index (χ3v) is 1.88. The lowest BCUT2D eigenvalue weighted by molar-refractivity contribution is -0.141. The zero-order valence-electron chi connectivity index (χ0n) is 10.7. The lowest BCUT2D eigenvalue weighted by Gasteiger charge is -2.17. The van der Waals surface area contributed by atoms with Gasteiger partial charge in [-0.2, -0.15) is 0 Å². The Balaban J connectivity index is 3.93. The Bertz CT molecular complexity index is 307. The highest BCUT2D eigenvalue weighted by atomic mass is 16.4. The quantitative estimate of drug-likeness (QED) is 0.640. The lowest BCUT2D eigenvalue weighted by atomic mass is 9.92. The number of carbonyl (C=O) groups excluding carboxylic acids is 2. The van der Waals surface area contributed by atoms with Crippen LogP contribution in [0.5, 0.6) is 0 Å². The molecule has 3 N–H and O–H groups in total. The van der Waals surface area contributed by atoms with Crippen molar-refractivity contribution in [2.75, 3.05) is 6.54 Å². The molecular formula is C11H20N2O4. The highest BCUT2D eigenvalue weighted by Gasteiger charge is 2.17. The molecule has 0 saturated carbocycles. The van der Waals surface area contributed by atoms with Crippen molar-refractivity contribution >= 4 is 17.8 Å². The van der Waals surface area contributed by atoms with E-state index in [2.05, 4.69) is 10.6 Å². The molecule has 0 bridgehead atoms. The highest BCUT2D eigenvalue weighted by Crippen LogP contribution is 2.17. The maximum atomic E-state index is 11.4. The van der Waals surface area contributed by atoms with E-state index in [1.807, 2.05) is 20.8 Å². The minimum atomic E-state index is -1.11. The van der Waals surface area contributed by atoms with Gasteiger partial charge in [0, 0.05) is 6.42 Å². The van der Waals surface area contributed by atoms with Crippen molar-refractivity contribution in [3.05, 3.63) is 0 Å². The molecule has 0 fully saturated rings. The number of carbonyl (C=O) groups is 3. The van der Waals surface area contributed by atoms with E-state index in [-0.39, 0.29) is 17.9 Å². The van der Waals surface area contributed by atoms with Crippen LogP contribution in [-0.4, -0.2) is 35.5 Å². The molecule has 0 saturated heterocycles. The number of rotatable bonds is 5. The lowest BCUT2D eigenvalue weighted by Crippen LogP contribution is -2.44. The zero-order chi connectivity index (χ0) is 13.6. The molecule has 0 aliphatic heterocycles. The van der Waals surface area contributed by atoms with Gasteiger partial charge < -0.3 is 15.7 Å². The normalized spacial score (nSPS) is 12.7. The molecule has 6 heteroatoms. The first-order valence-electron chi connectivity index (χ1n) is 5.40. The van der Waals surface area contributed by atoms with Crippen LogP contribution in [-0.2, 0) is 14.4 Å². The maximum Gasteiger partial charge on any atom is 0.325 e. The Morgan fingerprint density at radius 1 is 1.18 bits per heavy atom. The van der Waals surface area contributed by atoms with Crippen molar-refractivity contribution in [1.29, 1.82) is 0 Å². The van der Waals surface area contributed by atoms with Gasteiger partial charge in [0.1, 0.15) is 6.04 Å². The van der Waals surface area contributed by atoms with Gasteiger partial charge in [-0.3, -0.25) is 14.4 Å². The van der Waals surface area contributed by atoms with Crippen LogP contribution in [0.15, 0.2) is 0 Å². The molecule has 0 aromatic carbocycles. The van der Waals surface area contributed by atoms with Gasteiger partial charge in [-0.1, -0.05) is 20.8 Å². The summed E-state index contributed by atoms with van der Waals surface area (Å²) in [5.74, 6) is -1.85. The SMILES string of the molecule is C[C@@H](NC(=O)CNC(=O)CC(C)(C)C)C(=O)O. The summed E-state index contributed by atoms with van der Waals surface area (Å²) < 4.78 is 0. The van der Waals surface area contributed by atoms with Crippen LogP contribution in [0.2, 0.25) is 0 Å². The van der Waals surface area contributed by atoms with Gasteiger partial charge in [-0.05, 0) is 12.3 Å². The fourth-order valence-corrected chi connectivity index (χ4v) is 1.08. The molecule has 0 unspecified atom stereocenters. The Labute approximate surface area is 101 Å². The van der Waals surface area contributed by atoms with Crippen LogP contribution in [0.1, 0.15) is 34.1 Å². The molecule has 1 atom stereocenters. The van der Waals surface area contributed by atoms with E-state index in [0.717, 1.165) is 0 Å².